The summed E-state index contributed by atoms with van der Waals surface area (Å²) in [5.74, 6) is -1.36. The number of benzene rings is 2. The van der Waals surface area contributed by atoms with E-state index in [1.54, 1.807) is 17.0 Å². The number of carbonyl (C=O) groups is 2. The standard InChI is InChI=1S/C23H25BrN2O3/c1-14-6-5-7-16(12-14)20-19(21(27)17-8-9-18(24)15(2)13-17)22(28)23(29)26(20)11-10-25(3)4/h5-9,12-13,20,27H,10-11H2,1-4H3/b21-19-. The smallest absolute Gasteiger partial charge is 0.295 e. The van der Waals surface area contributed by atoms with Crippen molar-refractivity contribution in [3.05, 3.63) is 74.8 Å². The Morgan fingerprint density at radius 2 is 1.86 bits per heavy atom. The highest BCUT2D eigenvalue weighted by Gasteiger charge is 2.45. The second-order valence-electron chi connectivity index (χ2n) is 7.67. The molecule has 6 heteroatoms. The summed E-state index contributed by atoms with van der Waals surface area (Å²) in [4.78, 5) is 29.3. The molecule has 0 bridgehead atoms. The predicted octanol–water partition coefficient (Wildman–Crippen LogP) is 4.05. The second-order valence-corrected chi connectivity index (χ2v) is 8.53. The van der Waals surface area contributed by atoms with Crippen LogP contribution in [0.5, 0.6) is 0 Å². The van der Waals surface area contributed by atoms with Crippen LogP contribution in [0.1, 0.15) is 28.3 Å². The minimum atomic E-state index is -0.645. The molecule has 0 radical (unpaired) electrons. The van der Waals surface area contributed by atoms with Crippen LogP contribution in [-0.4, -0.2) is 53.8 Å². The summed E-state index contributed by atoms with van der Waals surface area (Å²) in [5, 5.41) is 11.1. The molecule has 0 spiro atoms. The molecule has 1 saturated heterocycles. The molecule has 1 N–H and O–H groups in total. The van der Waals surface area contributed by atoms with E-state index < -0.39 is 17.7 Å². The Labute approximate surface area is 179 Å². The highest BCUT2D eigenvalue weighted by Crippen LogP contribution is 2.39. The fraction of sp³-hybridized carbons (Fsp3) is 0.304. The maximum atomic E-state index is 13.0. The maximum Gasteiger partial charge on any atom is 0.295 e. The van der Waals surface area contributed by atoms with Gasteiger partial charge in [-0.3, -0.25) is 9.59 Å². The summed E-state index contributed by atoms with van der Waals surface area (Å²) in [5.41, 5.74) is 3.44. The van der Waals surface area contributed by atoms with E-state index >= 15 is 0 Å². The molecule has 29 heavy (non-hydrogen) atoms. The number of likely N-dealkylation sites (N-methyl/N-ethyl adjacent to an activating group) is 1. The van der Waals surface area contributed by atoms with Gasteiger partial charge in [0.05, 0.1) is 11.6 Å². The molecule has 1 unspecified atom stereocenters. The van der Waals surface area contributed by atoms with Gasteiger partial charge >= 0.3 is 0 Å². The summed E-state index contributed by atoms with van der Waals surface area (Å²) in [6.07, 6.45) is 0. The highest BCUT2D eigenvalue weighted by atomic mass is 79.9. The quantitative estimate of drug-likeness (QED) is 0.418. The van der Waals surface area contributed by atoms with Crippen molar-refractivity contribution in [2.45, 2.75) is 19.9 Å². The van der Waals surface area contributed by atoms with Crippen LogP contribution >= 0.6 is 15.9 Å². The Morgan fingerprint density at radius 1 is 1.14 bits per heavy atom. The third kappa shape index (κ3) is 4.28. The van der Waals surface area contributed by atoms with Gasteiger partial charge in [0.1, 0.15) is 5.76 Å². The Bertz CT molecular complexity index is 997. The third-order valence-electron chi connectivity index (χ3n) is 5.12. The molecule has 1 aliphatic heterocycles. The molecule has 1 aliphatic rings. The van der Waals surface area contributed by atoms with Crippen molar-refractivity contribution >= 4 is 33.4 Å². The molecule has 0 aromatic heterocycles. The molecule has 0 saturated carbocycles. The van der Waals surface area contributed by atoms with Gasteiger partial charge in [0, 0.05) is 23.1 Å². The van der Waals surface area contributed by atoms with Gasteiger partial charge in [-0.05, 0) is 51.2 Å². The van der Waals surface area contributed by atoms with Crippen LogP contribution in [0.15, 0.2) is 52.5 Å². The summed E-state index contributed by atoms with van der Waals surface area (Å²) in [7, 11) is 3.84. The van der Waals surface area contributed by atoms with Crippen LogP contribution in [-0.2, 0) is 9.59 Å². The number of ketones is 1. The second kappa shape index (κ2) is 8.51. The topological polar surface area (TPSA) is 60.9 Å². The molecule has 1 atom stereocenters. The number of aliphatic hydroxyl groups excluding tert-OH is 1. The predicted molar refractivity (Wildman–Crippen MR) is 118 cm³/mol. The number of hydrogen-bond donors (Lipinski definition) is 1. The van der Waals surface area contributed by atoms with E-state index in [1.807, 2.05) is 63.2 Å². The molecule has 152 valence electrons. The molecule has 2 aromatic rings. The number of likely N-dealkylation sites (tertiary alicyclic amines) is 1. The van der Waals surface area contributed by atoms with Crippen LogP contribution in [0.3, 0.4) is 0 Å². The molecule has 1 heterocycles. The van der Waals surface area contributed by atoms with Crippen molar-refractivity contribution in [2.24, 2.45) is 0 Å². The van der Waals surface area contributed by atoms with E-state index in [0.717, 1.165) is 21.2 Å². The van der Waals surface area contributed by atoms with Gasteiger partial charge in [-0.2, -0.15) is 0 Å². The third-order valence-corrected chi connectivity index (χ3v) is 6.01. The van der Waals surface area contributed by atoms with Crippen LogP contribution in [0.25, 0.3) is 5.76 Å². The first-order valence-corrected chi connectivity index (χ1v) is 10.3. The summed E-state index contributed by atoms with van der Waals surface area (Å²) in [6.45, 7) is 4.89. The number of aryl methyl sites for hydroxylation is 2. The average Bonchev–Trinajstić information content (AvgIpc) is 2.92. The molecular weight excluding hydrogens is 432 g/mol. The highest BCUT2D eigenvalue weighted by molar-refractivity contribution is 9.10. The van der Waals surface area contributed by atoms with E-state index in [9.17, 15) is 14.7 Å². The summed E-state index contributed by atoms with van der Waals surface area (Å²) >= 11 is 3.45. The van der Waals surface area contributed by atoms with E-state index in [0.29, 0.717) is 18.7 Å². The number of nitrogens with zero attached hydrogens (tertiary/aromatic N) is 2. The zero-order chi connectivity index (χ0) is 21.3. The first kappa shape index (κ1) is 21.3. The molecule has 1 fully saturated rings. The largest absolute Gasteiger partial charge is 0.507 e. The van der Waals surface area contributed by atoms with Crippen molar-refractivity contribution < 1.29 is 14.7 Å². The minimum absolute atomic E-state index is 0.140. The maximum absolute atomic E-state index is 13.0. The number of hydrogen-bond acceptors (Lipinski definition) is 4. The van der Waals surface area contributed by atoms with Crippen LogP contribution in [0, 0.1) is 13.8 Å². The Kier molecular flexibility index (Phi) is 6.24. The first-order chi connectivity index (χ1) is 13.7. The van der Waals surface area contributed by atoms with Crippen molar-refractivity contribution in [3.8, 4) is 0 Å². The van der Waals surface area contributed by atoms with Gasteiger partial charge in [-0.15, -0.1) is 0 Å². The van der Waals surface area contributed by atoms with Crippen LogP contribution in [0.4, 0.5) is 0 Å². The molecule has 1 amide bonds. The van der Waals surface area contributed by atoms with Crippen LogP contribution in [0.2, 0.25) is 0 Å². The van der Waals surface area contributed by atoms with Gasteiger partial charge in [-0.1, -0.05) is 51.8 Å². The van der Waals surface area contributed by atoms with Crippen LogP contribution < -0.4 is 0 Å². The monoisotopic (exact) mass is 456 g/mol. The number of rotatable bonds is 5. The number of carbonyl (C=O) groups excluding carboxylic acids is 2. The lowest BCUT2D eigenvalue weighted by molar-refractivity contribution is -0.140. The summed E-state index contributed by atoms with van der Waals surface area (Å²) in [6, 6.07) is 12.5. The zero-order valence-corrected chi connectivity index (χ0v) is 18.7. The number of amides is 1. The van der Waals surface area contributed by atoms with Gasteiger partial charge in [0.2, 0.25) is 0 Å². The fourth-order valence-corrected chi connectivity index (χ4v) is 3.80. The number of Topliss-reactive ketones (excluding diaryl/α,β-unsaturated/α-hetero) is 1. The molecule has 0 aliphatic carbocycles. The number of halogens is 1. The molecule has 2 aromatic carbocycles. The first-order valence-electron chi connectivity index (χ1n) is 9.47. The lowest BCUT2D eigenvalue weighted by Gasteiger charge is -2.26. The number of aliphatic hydroxyl groups is 1. The molecule has 5 nitrogen and oxygen atoms in total. The van der Waals surface area contributed by atoms with Crippen molar-refractivity contribution in [2.75, 3.05) is 27.2 Å². The zero-order valence-electron chi connectivity index (χ0n) is 17.1. The fourth-order valence-electron chi connectivity index (χ4n) is 3.55. The van der Waals surface area contributed by atoms with E-state index in [4.69, 9.17) is 0 Å². The lowest BCUT2D eigenvalue weighted by atomic mass is 9.94. The Balaban J connectivity index is 2.17. The van der Waals surface area contributed by atoms with Gasteiger partial charge in [-0.25, -0.2) is 0 Å². The average molecular weight is 457 g/mol. The summed E-state index contributed by atoms with van der Waals surface area (Å²) < 4.78 is 0.913. The minimum Gasteiger partial charge on any atom is -0.507 e. The van der Waals surface area contributed by atoms with Crippen molar-refractivity contribution in [1.29, 1.82) is 0 Å². The SMILES string of the molecule is Cc1cccc(C2/C(=C(/O)c3ccc(Br)c(C)c3)C(=O)C(=O)N2CCN(C)C)c1. The van der Waals surface area contributed by atoms with Gasteiger partial charge in [0.15, 0.2) is 0 Å². The van der Waals surface area contributed by atoms with Crippen molar-refractivity contribution in [3.63, 3.8) is 0 Å². The van der Waals surface area contributed by atoms with Gasteiger partial charge < -0.3 is 14.9 Å². The molecular formula is C23H25BrN2O3. The van der Waals surface area contributed by atoms with Gasteiger partial charge in [0.25, 0.3) is 11.7 Å². The van der Waals surface area contributed by atoms with E-state index in [2.05, 4.69) is 15.9 Å². The lowest BCUT2D eigenvalue weighted by Crippen LogP contribution is -2.35. The van der Waals surface area contributed by atoms with Crippen molar-refractivity contribution in [1.82, 2.24) is 9.80 Å². The Hall–Kier alpha value is -2.44. The Morgan fingerprint density at radius 3 is 2.48 bits per heavy atom. The van der Waals surface area contributed by atoms with E-state index in [1.165, 1.54) is 0 Å². The normalized spacial score (nSPS) is 18.7. The van der Waals surface area contributed by atoms with E-state index in [-0.39, 0.29) is 11.3 Å². The molecule has 3 rings (SSSR count).